The van der Waals surface area contributed by atoms with Crippen LogP contribution >= 0.6 is 15.9 Å². The lowest BCUT2D eigenvalue weighted by atomic mass is 10.00. The highest BCUT2D eigenvalue weighted by Gasteiger charge is 2.32. The summed E-state index contributed by atoms with van der Waals surface area (Å²) in [7, 11) is 0. The van der Waals surface area contributed by atoms with Crippen molar-refractivity contribution in [1.29, 1.82) is 0 Å². The second kappa shape index (κ2) is 5.97. The van der Waals surface area contributed by atoms with Crippen molar-refractivity contribution in [2.75, 3.05) is 6.61 Å². The molecule has 0 unspecified atom stereocenters. The fraction of sp³-hybridized carbons (Fsp3) is 0.286. The molecule has 0 aliphatic carbocycles. The first-order valence-corrected chi connectivity index (χ1v) is 6.77. The van der Waals surface area contributed by atoms with E-state index in [9.17, 15) is 9.59 Å². The molecule has 3 N–H and O–H groups in total. The normalized spacial score (nSPS) is 17.5. The molecule has 0 bridgehead atoms. The van der Waals surface area contributed by atoms with Crippen molar-refractivity contribution >= 4 is 27.7 Å². The summed E-state index contributed by atoms with van der Waals surface area (Å²) in [5, 5.41) is 2.57. The predicted octanol–water partition coefficient (Wildman–Crippen LogP) is 0.919. The maximum Gasteiger partial charge on any atom is 0.240 e. The number of rotatable bonds is 4. The molecular formula is C14H13BrN2O3. The van der Waals surface area contributed by atoms with Crippen molar-refractivity contribution in [2.45, 2.75) is 18.4 Å². The minimum absolute atomic E-state index is 0.0694. The zero-order valence-electron chi connectivity index (χ0n) is 10.6. The summed E-state index contributed by atoms with van der Waals surface area (Å²) in [6, 6.07) is 4.60. The molecule has 0 radical (unpaired) electrons. The third-order valence-corrected chi connectivity index (χ3v) is 3.54. The van der Waals surface area contributed by atoms with E-state index in [2.05, 4.69) is 27.2 Å². The van der Waals surface area contributed by atoms with Gasteiger partial charge in [-0.1, -0.05) is 15.9 Å². The number of amides is 2. The zero-order chi connectivity index (χ0) is 14.7. The van der Waals surface area contributed by atoms with Gasteiger partial charge >= 0.3 is 0 Å². The standard InChI is InChI=1S/C14H13BrN2O3/c1-2-3-11(13(16)18)17-14(19)10-7-20-12-5-4-8(15)6-9(10)12/h1,4-6,10-11H,3,7H2,(H2,16,18)(H,17,19)/t10-,11-/m1/s1. The number of carbonyl (C=O) groups is 2. The molecule has 1 aliphatic heterocycles. The van der Waals surface area contributed by atoms with Gasteiger partial charge in [-0.2, -0.15) is 0 Å². The van der Waals surface area contributed by atoms with Gasteiger partial charge in [-0.3, -0.25) is 9.59 Å². The summed E-state index contributed by atoms with van der Waals surface area (Å²) in [5.74, 6) is 1.55. The average Bonchev–Trinajstić information content (AvgIpc) is 2.80. The van der Waals surface area contributed by atoms with Crippen LogP contribution in [0.2, 0.25) is 0 Å². The van der Waals surface area contributed by atoms with Gasteiger partial charge in [0, 0.05) is 16.5 Å². The molecule has 1 aromatic carbocycles. The third-order valence-electron chi connectivity index (χ3n) is 3.05. The van der Waals surface area contributed by atoms with Crippen LogP contribution in [0.25, 0.3) is 0 Å². The number of nitrogens with two attached hydrogens (primary N) is 1. The van der Waals surface area contributed by atoms with Crippen LogP contribution < -0.4 is 15.8 Å². The molecule has 1 heterocycles. The number of benzene rings is 1. The van der Waals surface area contributed by atoms with Crippen LogP contribution in [0.5, 0.6) is 5.75 Å². The number of terminal acetylenes is 1. The Hall–Kier alpha value is -2.00. The SMILES string of the molecule is C#CC[C@@H](NC(=O)[C@@H]1COc2ccc(Br)cc21)C(N)=O. The molecular weight excluding hydrogens is 324 g/mol. The van der Waals surface area contributed by atoms with Crippen LogP contribution in [0.15, 0.2) is 22.7 Å². The minimum atomic E-state index is -0.858. The van der Waals surface area contributed by atoms with Gasteiger partial charge in [0.1, 0.15) is 24.3 Å². The first-order valence-electron chi connectivity index (χ1n) is 5.98. The van der Waals surface area contributed by atoms with E-state index in [4.69, 9.17) is 16.9 Å². The second-order valence-electron chi connectivity index (χ2n) is 4.42. The average molecular weight is 337 g/mol. The molecule has 2 atom stereocenters. The number of nitrogens with one attached hydrogen (secondary N) is 1. The molecule has 0 saturated carbocycles. The quantitative estimate of drug-likeness (QED) is 0.802. The van der Waals surface area contributed by atoms with Crippen LogP contribution in [0, 0.1) is 12.3 Å². The molecule has 0 aromatic heterocycles. The van der Waals surface area contributed by atoms with Gasteiger partial charge in [0.05, 0.1) is 0 Å². The smallest absolute Gasteiger partial charge is 0.240 e. The lowest BCUT2D eigenvalue weighted by molar-refractivity contribution is -0.128. The Morgan fingerprint density at radius 3 is 3.00 bits per heavy atom. The van der Waals surface area contributed by atoms with E-state index >= 15 is 0 Å². The molecule has 20 heavy (non-hydrogen) atoms. The maximum atomic E-state index is 12.2. The van der Waals surface area contributed by atoms with Gasteiger partial charge in [-0.25, -0.2) is 0 Å². The molecule has 0 spiro atoms. The Morgan fingerprint density at radius 2 is 2.35 bits per heavy atom. The summed E-state index contributed by atoms with van der Waals surface area (Å²) >= 11 is 3.35. The fourth-order valence-corrected chi connectivity index (χ4v) is 2.39. The van der Waals surface area contributed by atoms with Crippen LogP contribution in [0.1, 0.15) is 17.9 Å². The van der Waals surface area contributed by atoms with Gasteiger partial charge in [-0.05, 0) is 18.2 Å². The van der Waals surface area contributed by atoms with Gasteiger partial charge < -0.3 is 15.8 Å². The molecule has 104 valence electrons. The Labute approximate surface area is 125 Å². The van der Waals surface area contributed by atoms with E-state index in [-0.39, 0.29) is 18.9 Å². The molecule has 0 saturated heterocycles. The summed E-state index contributed by atoms with van der Waals surface area (Å²) in [6.07, 6.45) is 5.22. The lowest BCUT2D eigenvalue weighted by Crippen LogP contribution is -2.46. The zero-order valence-corrected chi connectivity index (χ0v) is 12.1. The molecule has 2 rings (SSSR count). The van der Waals surface area contributed by atoms with E-state index < -0.39 is 17.9 Å². The minimum Gasteiger partial charge on any atom is -0.492 e. The summed E-state index contributed by atoms with van der Waals surface area (Å²) in [5.41, 5.74) is 5.98. The lowest BCUT2D eigenvalue weighted by Gasteiger charge is -2.15. The van der Waals surface area contributed by atoms with Gasteiger partial charge in [-0.15, -0.1) is 12.3 Å². The topological polar surface area (TPSA) is 81.4 Å². The maximum absolute atomic E-state index is 12.2. The van der Waals surface area contributed by atoms with E-state index in [1.165, 1.54) is 0 Å². The molecule has 6 heteroatoms. The molecule has 0 fully saturated rings. The number of halogens is 1. The van der Waals surface area contributed by atoms with Crippen molar-refractivity contribution in [1.82, 2.24) is 5.32 Å². The number of carbonyl (C=O) groups excluding carboxylic acids is 2. The van der Waals surface area contributed by atoms with E-state index in [0.29, 0.717) is 5.75 Å². The Bertz CT molecular complexity index is 595. The summed E-state index contributed by atoms with van der Waals surface area (Å²) in [6.45, 7) is 0.235. The number of primary amides is 1. The number of fused-ring (bicyclic) bond motifs is 1. The van der Waals surface area contributed by atoms with Gasteiger partial charge in [0.15, 0.2) is 0 Å². The van der Waals surface area contributed by atoms with Crippen molar-refractivity contribution in [3.05, 3.63) is 28.2 Å². The van der Waals surface area contributed by atoms with E-state index in [0.717, 1.165) is 10.0 Å². The highest BCUT2D eigenvalue weighted by atomic mass is 79.9. The van der Waals surface area contributed by atoms with Crippen LogP contribution in [-0.2, 0) is 9.59 Å². The van der Waals surface area contributed by atoms with E-state index in [1.807, 2.05) is 12.1 Å². The highest BCUT2D eigenvalue weighted by molar-refractivity contribution is 9.10. The largest absolute Gasteiger partial charge is 0.492 e. The third kappa shape index (κ3) is 2.94. The van der Waals surface area contributed by atoms with Crippen molar-refractivity contribution < 1.29 is 14.3 Å². The van der Waals surface area contributed by atoms with E-state index in [1.54, 1.807) is 6.07 Å². The highest BCUT2D eigenvalue weighted by Crippen LogP contribution is 2.35. The Balaban J connectivity index is 2.14. The number of hydrogen-bond donors (Lipinski definition) is 2. The van der Waals surface area contributed by atoms with Gasteiger partial charge in [0.2, 0.25) is 11.8 Å². The van der Waals surface area contributed by atoms with Crippen molar-refractivity contribution in [2.24, 2.45) is 5.73 Å². The molecule has 2 amide bonds. The Kier molecular flexibility index (Phi) is 4.30. The van der Waals surface area contributed by atoms with Crippen LogP contribution in [0.3, 0.4) is 0 Å². The first-order chi connectivity index (χ1) is 9.52. The summed E-state index contributed by atoms with van der Waals surface area (Å²) in [4.78, 5) is 23.4. The summed E-state index contributed by atoms with van der Waals surface area (Å²) < 4.78 is 6.31. The monoisotopic (exact) mass is 336 g/mol. The van der Waals surface area contributed by atoms with Crippen molar-refractivity contribution in [3.63, 3.8) is 0 Å². The molecule has 1 aromatic rings. The van der Waals surface area contributed by atoms with Crippen LogP contribution in [0.4, 0.5) is 0 Å². The number of ether oxygens (including phenoxy) is 1. The van der Waals surface area contributed by atoms with Crippen LogP contribution in [-0.4, -0.2) is 24.5 Å². The first kappa shape index (κ1) is 14.4. The Morgan fingerprint density at radius 1 is 1.60 bits per heavy atom. The number of hydrogen-bond acceptors (Lipinski definition) is 3. The fourth-order valence-electron chi connectivity index (χ4n) is 2.02. The molecule has 5 nitrogen and oxygen atoms in total. The predicted molar refractivity (Wildman–Crippen MR) is 77.0 cm³/mol. The van der Waals surface area contributed by atoms with Gasteiger partial charge in [0.25, 0.3) is 0 Å². The molecule has 1 aliphatic rings. The second-order valence-corrected chi connectivity index (χ2v) is 5.33. The van der Waals surface area contributed by atoms with Crippen molar-refractivity contribution in [3.8, 4) is 18.1 Å².